The number of carbonyl (C=O) groups excluding carboxylic acids is 4. The van der Waals surface area contributed by atoms with Gasteiger partial charge < -0.3 is 9.47 Å². The lowest BCUT2D eigenvalue weighted by atomic mass is 9.99. The van der Waals surface area contributed by atoms with E-state index in [9.17, 15) is 19.2 Å². The van der Waals surface area contributed by atoms with E-state index in [0.717, 1.165) is 32.9 Å². The minimum absolute atomic E-state index is 0.0196. The number of halogens is 2. The van der Waals surface area contributed by atoms with E-state index >= 15 is 8.78 Å². The van der Waals surface area contributed by atoms with Crippen molar-refractivity contribution in [2.24, 2.45) is 0 Å². The summed E-state index contributed by atoms with van der Waals surface area (Å²) >= 11 is 0. The van der Waals surface area contributed by atoms with Crippen LogP contribution in [-0.4, -0.2) is 32.0 Å². The molecule has 0 saturated carbocycles. The highest BCUT2D eigenvalue weighted by Gasteiger charge is 2.41. The van der Waals surface area contributed by atoms with Gasteiger partial charge >= 0.3 is 23.9 Å². The number of benzene rings is 6. The first-order valence-electron chi connectivity index (χ1n) is 15.3. The highest BCUT2D eigenvalue weighted by molar-refractivity contribution is 7.19. The van der Waals surface area contributed by atoms with Gasteiger partial charge in [0.15, 0.2) is 8.07 Å². The summed E-state index contributed by atoms with van der Waals surface area (Å²) < 4.78 is 39.9. The van der Waals surface area contributed by atoms with Gasteiger partial charge in [-0.1, -0.05) is 109 Å². The standard InChI is InChI=1S/C40H22F2O6Si/c41-35-21-33-31(37(43)47-39(33)45)19-29(35)23-11-15-27(16-12-23)49(25-7-3-1-4-8-25,26-9-5-2-6-10-26)28-17-13-24(14-18-28)30-20-32-34(22-36(30)42)40(46)48-38(32)44/h1-22H. The van der Waals surface area contributed by atoms with Crippen molar-refractivity contribution in [3.05, 3.63) is 167 Å². The molecule has 0 fully saturated rings. The third kappa shape index (κ3) is 4.74. The number of fused-ring (bicyclic) bond motifs is 2. The highest BCUT2D eigenvalue weighted by Crippen LogP contribution is 2.31. The molecule has 2 heterocycles. The van der Waals surface area contributed by atoms with Crippen molar-refractivity contribution >= 4 is 52.7 Å². The molecular formula is C40H22F2O6Si. The second-order valence-corrected chi connectivity index (χ2v) is 15.6. The number of hydrogen-bond donors (Lipinski definition) is 0. The van der Waals surface area contributed by atoms with Crippen LogP contribution in [0.1, 0.15) is 41.4 Å². The van der Waals surface area contributed by atoms with Gasteiger partial charge in [-0.25, -0.2) is 28.0 Å². The summed E-state index contributed by atoms with van der Waals surface area (Å²) in [6.45, 7) is 0. The first-order valence-corrected chi connectivity index (χ1v) is 17.3. The molecule has 0 aromatic heterocycles. The lowest BCUT2D eigenvalue weighted by Crippen LogP contribution is -2.74. The molecule has 0 atom stereocenters. The molecule has 236 valence electrons. The molecule has 0 amide bonds. The van der Waals surface area contributed by atoms with Gasteiger partial charge in [0.1, 0.15) is 11.6 Å². The number of carbonyl (C=O) groups is 4. The summed E-state index contributed by atoms with van der Waals surface area (Å²) in [7, 11) is -3.07. The fourth-order valence-corrected chi connectivity index (χ4v) is 11.5. The Morgan fingerprint density at radius 1 is 0.367 bits per heavy atom. The normalized spacial score (nSPS) is 13.6. The third-order valence-electron chi connectivity index (χ3n) is 9.14. The van der Waals surface area contributed by atoms with Crippen molar-refractivity contribution in [3.63, 3.8) is 0 Å². The summed E-state index contributed by atoms with van der Waals surface area (Å²) in [5.74, 6) is -4.67. The maximum Gasteiger partial charge on any atom is 0.347 e. The molecule has 6 aromatic carbocycles. The zero-order valence-corrected chi connectivity index (χ0v) is 26.4. The van der Waals surface area contributed by atoms with Gasteiger partial charge in [0.25, 0.3) is 0 Å². The summed E-state index contributed by atoms with van der Waals surface area (Å²) in [6, 6.07) is 39.8. The first-order chi connectivity index (χ1) is 23.8. The third-order valence-corrected chi connectivity index (χ3v) is 13.9. The number of ether oxygens (including phenoxy) is 2. The van der Waals surface area contributed by atoms with Gasteiger partial charge in [-0.2, -0.15) is 0 Å². The van der Waals surface area contributed by atoms with Gasteiger partial charge in [0.05, 0.1) is 22.3 Å². The quantitative estimate of drug-likeness (QED) is 0.104. The molecule has 2 aliphatic rings. The molecule has 0 radical (unpaired) electrons. The minimum Gasteiger partial charge on any atom is -0.386 e. The fourth-order valence-electron chi connectivity index (χ4n) is 6.83. The van der Waals surface area contributed by atoms with Crippen LogP contribution in [0.5, 0.6) is 0 Å². The maximum absolute atomic E-state index is 15.3. The summed E-state index contributed by atoms with van der Waals surface area (Å²) in [4.78, 5) is 48.4. The zero-order valence-electron chi connectivity index (χ0n) is 25.4. The van der Waals surface area contributed by atoms with Crippen molar-refractivity contribution in [1.29, 1.82) is 0 Å². The lowest BCUT2D eigenvalue weighted by Gasteiger charge is -2.34. The van der Waals surface area contributed by atoms with Crippen LogP contribution in [0.4, 0.5) is 8.78 Å². The fraction of sp³-hybridized carbons (Fsp3) is 0. The van der Waals surface area contributed by atoms with Crippen LogP contribution in [0.15, 0.2) is 133 Å². The Labute approximate surface area is 279 Å². The Bertz CT molecular complexity index is 2190. The van der Waals surface area contributed by atoms with E-state index in [-0.39, 0.29) is 33.4 Å². The van der Waals surface area contributed by atoms with Crippen LogP contribution < -0.4 is 20.7 Å². The molecule has 8 rings (SSSR count). The van der Waals surface area contributed by atoms with E-state index in [1.165, 1.54) is 12.1 Å². The van der Waals surface area contributed by atoms with Crippen LogP contribution in [0.3, 0.4) is 0 Å². The Morgan fingerprint density at radius 3 is 1.02 bits per heavy atom. The molecule has 0 aliphatic carbocycles. The molecule has 2 aliphatic heterocycles. The zero-order chi connectivity index (χ0) is 33.9. The molecule has 0 N–H and O–H groups in total. The average Bonchev–Trinajstić information content (AvgIpc) is 3.56. The predicted octanol–water partition coefficient (Wildman–Crippen LogP) is 5.30. The van der Waals surface area contributed by atoms with E-state index < -0.39 is 43.6 Å². The lowest BCUT2D eigenvalue weighted by molar-refractivity contribution is 0.0425. The highest BCUT2D eigenvalue weighted by atomic mass is 28.3. The van der Waals surface area contributed by atoms with Crippen LogP contribution in [-0.2, 0) is 9.47 Å². The SMILES string of the molecule is O=C1OC(=O)c2cc(-c3ccc([Si](c4ccccc4)(c4ccccc4)c4ccc(-c5cc6c(cc5F)C(=O)OC6=O)cc4)cc3)c(F)cc21. The van der Waals surface area contributed by atoms with Gasteiger partial charge in [-0.05, 0) is 56.1 Å². The van der Waals surface area contributed by atoms with Gasteiger partial charge in [-0.15, -0.1) is 0 Å². The number of cyclic esters (lactones) is 4. The van der Waals surface area contributed by atoms with E-state index in [1.807, 2.05) is 60.7 Å². The number of rotatable bonds is 6. The maximum atomic E-state index is 15.3. The Hall–Kier alpha value is -6.32. The Balaban J connectivity index is 1.29. The van der Waals surface area contributed by atoms with Crippen molar-refractivity contribution in [2.75, 3.05) is 0 Å². The van der Waals surface area contributed by atoms with E-state index in [2.05, 4.69) is 33.7 Å². The molecule has 0 bridgehead atoms. The van der Waals surface area contributed by atoms with Crippen molar-refractivity contribution in [2.45, 2.75) is 0 Å². The molecule has 6 aromatic rings. The second kappa shape index (κ2) is 11.4. The molecule has 0 unspecified atom stereocenters. The molecule has 6 nitrogen and oxygen atoms in total. The summed E-state index contributed by atoms with van der Waals surface area (Å²) in [5, 5.41) is 4.08. The summed E-state index contributed by atoms with van der Waals surface area (Å²) in [5.41, 5.74) is 1.19. The largest absolute Gasteiger partial charge is 0.386 e. The van der Waals surface area contributed by atoms with Gasteiger partial charge in [0.2, 0.25) is 0 Å². The van der Waals surface area contributed by atoms with Crippen LogP contribution in [0, 0.1) is 11.6 Å². The molecule has 49 heavy (non-hydrogen) atoms. The number of hydrogen-bond acceptors (Lipinski definition) is 6. The molecular weight excluding hydrogens is 643 g/mol. The van der Waals surface area contributed by atoms with Crippen LogP contribution in [0.2, 0.25) is 0 Å². The van der Waals surface area contributed by atoms with Crippen molar-refractivity contribution in [3.8, 4) is 22.3 Å². The smallest absolute Gasteiger partial charge is 0.347 e. The molecule has 9 heteroatoms. The monoisotopic (exact) mass is 664 g/mol. The average molecular weight is 665 g/mol. The first kappa shape index (κ1) is 30.0. The molecule has 0 spiro atoms. The van der Waals surface area contributed by atoms with Gasteiger partial charge in [-0.3, -0.25) is 0 Å². The second-order valence-electron chi connectivity index (χ2n) is 11.7. The Kier molecular flexibility index (Phi) is 7.01. The predicted molar refractivity (Wildman–Crippen MR) is 180 cm³/mol. The van der Waals surface area contributed by atoms with Crippen LogP contribution in [0.25, 0.3) is 22.3 Å². The van der Waals surface area contributed by atoms with Crippen molar-refractivity contribution < 1.29 is 37.4 Å². The minimum atomic E-state index is -3.07. The topological polar surface area (TPSA) is 86.7 Å². The molecule has 0 saturated heterocycles. The van der Waals surface area contributed by atoms with Gasteiger partial charge in [0, 0.05) is 11.1 Å². The Morgan fingerprint density at radius 2 is 0.673 bits per heavy atom. The van der Waals surface area contributed by atoms with E-state index in [0.29, 0.717) is 11.1 Å². The van der Waals surface area contributed by atoms with E-state index in [4.69, 9.17) is 0 Å². The number of esters is 4. The summed E-state index contributed by atoms with van der Waals surface area (Å²) in [6.07, 6.45) is 0. The van der Waals surface area contributed by atoms with Crippen molar-refractivity contribution in [1.82, 2.24) is 0 Å². The van der Waals surface area contributed by atoms with Crippen LogP contribution >= 0.6 is 0 Å². The van der Waals surface area contributed by atoms with E-state index in [1.54, 1.807) is 24.3 Å².